The Morgan fingerprint density at radius 2 is 1.86 bits per heavy atom. The van der Waals surface area contributed by atoms with E-state index in [4.69, 9.17) is 13.6 Å². The van der Waals surface area contributed by atoms with E-state index in [1.165, 1.54) is 6.26 Å². The lowest BCUT2D eigenvalue weighted by Crippen LogP contribution is -2.49. The van der Waals surface area contributed by atoms with E-state index in [0.717, 1.165) is 24.4 Å². The van der Waals surface area contributed by atoms with Gasteiger partial charge >= 0.3 is 0 Å². The minimum absolute atomic E-state index is 0.0274. The summed E-state index contributed by atoms with van der Waals surface area (Å²) >= 11 is 0. The lowest BCUT2D eigenvalue weighted by molar-refractivity contribution is 0.0531. The molecule has 2 aromatic heterocycles. The molecule has 146 valence electrons. The highest BCUT2D eigenvalue weighted by atomic mass is 16.5. The van der Waals surface area contributed by atoms with Gasteiger partial charge in [0.1, 0.15) is 5.75 Å². The van der Waals surface area contributed by atoms with Crippen LogP contribution in [0.2, 0.25) is 0 Å². The van der Waals surface area contributed by atoms with Gasteiger partial charge in [0, 0.05) is 31.7 Å². The van der Waals surface area contributed by atoms with Gasteiger partial charge in [0.05, 0.1) is 19.4 Å². The quantitative estimate of drug-likeness (QED) is 0.671. The van der Waals surface area contributed by atoms with Crippen molar-refractivity contribution in [1.82, 2.24) is 20.0 Å². The van der Waals surface area contributed by atoms with Gasteiger partial charge in [0.2, 0.25) is 11.8 Å². The number of ether oxygens (including phenoxy) is 1. The number of furan rings is 1. The molecule has 0 unspecified atom stereocenters. The Hall–Kier alpha value is -3.13. The van der Waals surface area contributed by atoms with Crippen LogP contribution >= 0.6 is 0 Å². The molecule has 0 spiro atoms. The van der Waals surface area contributed by atoms with Gasteiger partial charge in [-0.25, -0.2) is 0 Å². The summed E-state index contributed by atoms with van der Waals surface area (Å²) in [5.41, 5.74) is 0.848. The van der Waals surface area contributed by atoms with E-state index in [2.05, 4.69) is 15.1 Å². The average Bonchev–Trinajstić information content (AvgIpc) is 3.45. The third-order valence-electron chi connectivity index (χ3n) is 5.02. The lowest BCUT2D eigenvalue weighted by Gasteiger charge is -2.36. The third-order valence-corrected chi connectivity index (χ3v) is 5.02. The molecule has 0 radical (unpaired) electrons. The van der Waals surface area contributed by atoms with Crippen LogP contribution in [0, 0.1) is 0 Å². The maximum Gasteiger partial charge on any atom is 0.289 e. The van der Waals surface area contributed by atoms with E-state index in [0.29, 0.717) is 30.6 Å². The highest BCUT2D eigenvalue weighted by Gasteiger charge is 2.28. The van der Waals surface area contributed by atoms with Crippen LogP contribution in [0.5, 0.6) is 5.75 Å². The van der Waals surface area contributed by atoms with Crippen molar-refractivity contribution in [1.29, 1.82) is 0 Å². The minimum Gasteiger partial charge on any atom is -0.497 e. The summed E-state index contributed by atoms with van der Waals surface area (Å²) in [6, 6.07) is 10.9. The fourth-order valence-electron chi connectivity index (χ4n) is 3.28. The van der Waals surface area contributed by atoms with Crippen molar-refractivity contribution >= 4 is 5.91 Å². The Morgan fingerprint density at radius 3 is 2.50 bits per heavy atom. The summed E-state index contributed by atoms with van der Waals surface area (Å²) in [5.74, 6) is 2.13. The molecule has 8 nitrogen and oxygen atoms in total. The number of piperazine rings is 1. The van der Waals surface area contributed by atoms with Crippen LogP contribution in [-0.4, -0.2) is 59.2 Å². The molecule has 1 aliphatic rings. The molecule has 3 heterocycles. The first-order valence-corrected chi connectivity index (χ1v) is 9.20. The van der Waals surface area contributed by atoms with Crippen molar-refractivity contribution in [2.75, 3.05) is 33.3 Å². The van der Waals surface area contributed by atoms with Crippen LogP contribution in [-0.2, 0) is 0 Å². The van der Waals surface area contributed by atoms with Gasteiger partial charge in [0.25, 0.3) is 5.91 Å². The Kier molecular flexibility index (Phi) is 5.12. The molecule has 28 heavy (non-hydrogen) atoms. The number of carbonyl (C=O) groups is 1. The Bertz CT molecular complexity index is 912. The van der Waals surface area contributed by atoms with E-state index >= 15 is 0 Å². The SMILES string of the molecule is COc1ccc(-c2nnc([C@H](C)N3CCN(C(=O)c4ccco4)CC3)o2)cc1. The minimum atomic E-state index is -0.0723. The number of benzene rings is 1. The summed E-state index contributed by atoms with van der Waals surface area (Å²) in [6.07, 6.45) is 1.52. The third kappa shape index (κ3) is 3.63. The second-order valence-corrected chi connectivity index (χ2v) is 6.66. The molecular weight excluding hydrogens is 360 g/mol. The summed E-state index contributed by atoms with van der Waals surface area (Å²) in [6.45, 7) is 4.75. The van der Waals surface area contributed by atoms with Gasteiger partial charge in [-0.2, -0.15) is 0 Å². The molecule has 8 heteroatoms. The van der Waals surface area contributed by atoms with E-state index in [1.807, 2.05) is 31.2 Å². The lowest BCUT2D eigenvalue weighted by atomic mass is 10.2. The van der Waals surface area contributed by atoms with Crippen LogP contribution in [0.1, 0.15) is 29.4 Å². The van der Waals surface area contributed by atoms with Crippen LogP contribution in [0.25, 0.3) is 11.5 Å². The van der Waals surface area contributed by atoms with Crippen molar-refractivity contribution in [2.45, 2.75) is 13.0 Å². The summed E-state index contributed by atoms with van der Waals surface area (Å²) in [7, 11) is 1.63. The number of nitrogens with zero attached hydrogens (tertiary/aromatic N) is 4. The molecule has 0 N–H and O–H groups in total. The van der Waals surface area contributed by atoms with E-state index in [1.54, 1.807) is 24.1 Å². The molecule has 1 aromatic carbocycles. The van der Waals surface area contributed by atoms with Gasteiger partial charge in [-0.15, -0.1) is 10.2 Å². The van der Waals surface area contributed by atoms with Crippen molar-refractivity contribution in [2.24, 2.45) is 0 Å². The molecular formula is C20H22N4O4. The van der Waals surface area contributed by atoms with E-state index in [-0.39, 0.29) is 11.9 Å². The van der Waals surface area contributed by atoms with E-state index < -0.39 is 0 Å². The fraction of sp³-hybridized carbons (Fsp3) is 0.350. The number of carbonyl (C=O) groups excluding carboxylic acids is 1. The molecule has 0 bridgehead atoms. The molecule has 3 aromatic rings. The molecule has 1 amide bonds. The van der Waals surface area contributed by atoms with E-state index in [9.17, 15) is 4.79 Å². The molecule has 0 aliphatic carbocycles. The molecule has 1 atom stereocenters. The predicted molar refractivity (Wildman–Crippen MR) is 101 cm³/mol. The summed E-state index contributed by atoms with van der Waals surface area (Å²) in [4.78, 5) is 16.4. The normalized spacial score (nSPS) is 16.1. The second-order valence-electron chi connectivity index (χ2n) is 6.66. The largest absolute Gasteiger partial charge is 0.497 e. The molecule has 1 saturated heterocycles. The highest BCUT2D eigenvalue weighted by Crippen LogP contribution is 2.26. The number of methoxy groups -OCH3 is 1. The Morgan fingerprint density at radius 1 is 1.11 bits per heavy atom. The molecule has 0 saturated carbocycles. The smallest absolute Gasteiger partial charge is 0.289 e. The van der Waals surface area contributed by atoms with Crippen molar-refractivity contribution in [3.05, 3.63) is 54.3 Å². The first kappa shape index (κ1) is 18.2. The fourth-order valence-corrected chi connectivity index (χ4v) is 3.28. The van der Waals surface area contributed by atoms with Crippen LogP contribution < -0.4 is 4.74 Å². The molecule has 1 fully saturated rings. The van der Waals surface area contributed by atoms with Gasteiger partial charge in [-0.3, -0.25) is 9.69 Å². The topological polar surface area (TPSA) is 84.8 Å². The molecule has 4 rings (SSSR count). The number of hydrogen-bond donors (Lipinski definition) is 0. The van der Waals surface area contributed by atoms with Gasteiger partial charge < -0.3 is 18.5 Å². The number of aromatic nitrogens is 2. The van der Waals surface area contributed by atoms with Gasteiger partial charge in [0.15, 0.2) is 5.76 Å². The first-order chi connectivity index (χ1) is 13.7. The Balaban J connectivity index is 1.38. The number of rotatable bonds is 5. The van der Waals surface area contributed by atoms with Crippen molar-refractivity contribution in [3.8, 4) is 17.2 Å². The van der Waals surface area contributed by atoms with Crippen LogP contribution in [0.3, 0.4) is 0 Å². The monoisotopic (exact) mass is 382 g/mol. The van der Waals surface area contributed by atoms with Crippen LogP contribution in [0.4, 0.5) is 0 Å². The number of amides is 1. The predicted octanol–water partition coefficient (Wildman–Crippen LogP) is 2.86. The van der Waals surface area contributed by atoms with Gasteiger partial charge in [-0.1, -0.05) is 0 Å². The maximum atomic E-state index is 12.4. The maximum absolute atomic E-state index is 12.4. The average molecular weight is 382 g/mol. The standard InChI is InChI=1S/C20H22N4O4/c1-14(18-21-22-19(28-18)15-5-7-16(26-2)8-6-15)23-9-11-24(12-10-23)20(25)17-4-3-13-27-17/h3-8,13-14H,9-12H2,1-2H3/t14-/m0/s1. The first-order valence-electron chi connectivity index (χ1n) is 9.20. The second kappa shape index (κ2) is 7.85. The molecule has 1 aliphatic heterocycles. The number of hydrogen-bond acceptors (Lipinski definition) is 7. The highest BCUT2D eigenvalue weighted by molar-refractivity contribution is 5.91. The van der Waals surface area contributed by atoms with Gasteiger partial charge in [-0.05, 0) is 43.3 Å². The zero-order chi connectivity index (χ0) is 19.5. The summed E-state index contributed by atoms with van der Waals surface area (Å²) < 4.78 is 16.3. The van der Waals surface area contributed by atoms with Crippen molar-refractivity contribution in [3.63, 3.8) is 0 Å². The summed E-state index contributed by atoms with van der Waals surface area (Å²) in [5, 5.41) is 8.39. The zero-order valence-electron chi connectivity index (χ0n) is 15.9. The van der Waals surface area contributed by atoms with Crippen molar-refractivity contribution < 1.29 is 18.4 Å². The Labute approximate surface area is 162 Å². The zero-order valence-corrected chi connectivity index (χ0v) is 15.9. The van der Waals surface area contributed by atoms with Crippen LogP contribution in [0.15, 0.2) is 51.5 Å².